The maximum Gasteiger partial charge on any atom is 0.272 e. The van der Waals surface area contributed by atoms with Gasteiger partial charge in [0.15, 0.2) is 0 Å². The summed E-state index contributed by atoms with van der Waals surface area (Å²) < 4.78 is 0. The summed E-state index contributed by atoms with van der Waals surface area (Å²) in [6, 6.07) is 15.4. The van der Waals surface area contributed by atoms with Crippen LogP contribution in [0.2, 0.25) is 0 Å². The van der Waals surface area contributed by atoms with Gasteiger partial charge >= 0.3 is 0 Å². The fraction of sp³-hybridized carbons (Fsp3) is 0.0556. The predicted octanol–water partition coefficient (Wildman–Crippen LogP) is 2.74. The summed E-state index contributed by atoms with van der Waals surface area (Å²) in [6.07, 6.45) is 0. The monoisotopic (exact) mass is 321 g/mol. The molecule has 0 spiro atoms. The van der Waals surface area contributed by atoms with E-state index in [0.717, 1.165) is 0 Å². The summed E-state index contributed by atoms with van der Waals surface area (Å²) in [7, 11) is 0. The lowest BCUT2D eigenvalue weighted by atomic mass is 10.1. The number of aromatic amines is 1. The highest BCUT2D eigenvalue weighted by molar-refractivity contribution is 6.04. The molecule has 0 aliphatic carbocycles. The molecule has 0 unspecified atom stereocenters. The number of H-pyrrole nitrogens is 1. The second-order valence-electron chi connectivity index (χ2n) is 5.31. The van der Waals surface area contributed by atoms with Crippen molar-refractivity contribution < 1.29 is 9.59 Å². The Balaban J connectivity index is 1.82. The van der Waals surface area contributed by atoms with Gasteiger partial charge < -0.3 is 15.6 Å². The van der Waals surface area contributed by atoms with Crippen molar-refractivity contribution in [2.45, 2.75) is 6.92 Å². The summed E-state index contributed by atoms with van der Waals surface area (Å²) in [5, 5.41) is 6.59. The Kier molecular flexibility index (Phi) is 4.11. The summed E-state index contributed by atoms with van der Waals surface area (Å²) in [4.78, 5) is 37.9. The number of anilines is 2. The van der Waals surface area contributed by atoms with E-state index >= 15 is 0 Å². The van der Waals surface area contributed by atoms with Crippen LogP contribution in [-0.2, 0) is 4.79 Å². The Morgan fingerprint density at radius 2 is 1.54 bits per heavy atom. The number of fused-ring (bicyclic) bond motifs is 1. The molecule has 3 N–H and O–H groups in total. The van der Waals surface area contributed by atoms with E-state index in [-0.39, 0.29) is 17.2 Å². The smallest absolute Gasteiger partial charge is 0.272 e. The van der Waals surface area contributed by atoms with E-state index in [9.17, 15) is 14.4 Å². The second-order valence-corrected chi connectivity index (χ2v) is 5.31. The van der Waals surface area contributed by atoms with Crippen LogP contribution in [0.1, 0.15) is 17.4 Å². The van der Waals surface area contributed by atoms with Gasteiger partial charge in [0.1, 0.15) is 5.69 Å². The first-order valence-corrected chi connectivity index (χ1v) is 7.34. The molecule has 24 heavy (non-hydrogen) atoms. The van der Waals surface area contributed by atoms with E-state index in [0.29, 0.717) is 22.1 Å². The lowest BCUT2D eigenvalue weighted by Gasteiger charge is -2.07. The lowest BCUT2D eigenvalue weighted by Crippen LogP contribution is -2.18. The van der Waals surface area contributed by atoms with Gasteiger partial charge in [-0.3, -0.25) is 14.4 Å². The van der Waals surface area contributed by atoms with Gasteiger partial charge in [-0.1, -0.05) is 18.2 Å². The topological polar surface area (TPSA) is 91.1 Å². The normalized spacial score (nSPS) is 10.4. The molecule has 0 atom stereocenters. The summed E-state index contributed by atoms with van der Waals surface area (Å²) in [6.45, 7) is 1.42. The molecule has 3 rings (SSSR count). The van der Waals surface area contributed by atoms with Gasteiger partial charge in [0.25, 0.3) is 11.5 Å². The molecular weight excluding hydrogens is 306 g/mol. The number of benzene rings is 2. The van der Waals surface area contributed by atoms with E-state index < -0.39 is 5.91 Å². The van der Waals surface area contributed by atoms with Crippen molar-refractivity contribution in [3.05, 3.63) is 70.6 Å². The third-order valence-electron chi connectivity index (χ3n) is 3.46. The average Bonchev–Trinajstić information content (AvgIpc) is 2.56. The van der Waals surface area contributed by atoms with Crippen molar-refractivity contribution in [3.63, 3.8) is 0 Å². The Hall–Kier alpha value is -3.41. The molecule has 0 aliphatic heterocycles. The number of pyridine rings is 1. The number of nitrogens with one attached hydrogen (secondary N) is 3. The number of carbonyl (C=O) groups excluding carboxylic acids is 2. The molecule has 3 aromatic rings. The van der Waals surface area contributed by atoms with Crippen LogP contribution in [0.15, 0.2) is 59.4 Å². The first-order valence-electron chi connectivity index (χ1n) is 7.34. The molecule has 0 saturated heterocycles. The van der Waals surface area contributed by atoms with Gasteiger partial charge in [-0.15, -0.1) is 0 Å². The van der Waals surface area contributed by atoms with Gasteiger partial charge in [-0.2, -0.15) is 0 Å². The van der Waals surface area contributed by atoms with Crippen LogP contribution in [-0.4, -0.2) is 16.8 Å². The highest BCUT2D eigenvalue weighted by Gasteiger charge is 2.10. The highest BCUT2D eigenvalue weighted by Crippen LogP contribution is 2.15. The molecule has 6 heteroatoms. The third-order valence-corrected chi connectivity index (χ3v) is 3.46. The minimum absolute atomic E-state index is 0.166. The summed E-state index contributed by atoms with van der Waals surface area (Å²) in [5.74, 6) is -0.578. The van der Waals surface area contributed by atoms with Crippen molar-refractivity contribution in [2.75, 3.05) is 10.6 Å². The Morgan fingerprint density at radius 3 is 2.21 bits per heavy atom. The maximum absolute atomic E-state index is 12.3. The number of rotatable bonds is 3. The van der Waals surface area contributed by atoms with Gasteiger partial charge in [0.2, 0.25) is 5.91 Å². The minimum Gasteiger partial charge on any atom is -0.326 e. The van der Waals surface area contributed by atoms with E-state index in [4.69, 9.17) is 0 Å². The maximum atomic E-state index is 12.3. The molecule has 120 valence electrons. The predicted molar refractivity (Wildman–Crippen MR) is 93.3 cm³/mol. The molecule has 2 amide bonds. The van der Waals surface area contributed by atoms with Crippen molar-refractivity contribution >= 4 is 34.0 Å². The van der Waals surface area contributed by atoms with Crippen LogP contribution in [0.4, 0.5) is 11.4 Å². The van der Waals surface area contributed by atoms with Crippen LogP contribution in [0.3, 0.4) is 0 Å². The average molecular weight is 321 g/mol. The van der Waals surface area contributed by atoms with E-state index in [1.165, 1.54) is 6.92 Å². The summed E-state index contributed by atoms with van der Waals surface area (Å²) >= 11 is 0. The van der Waals surface area contributed by atoms with E-state index in [1.807, 2.05) is 6.07 Å². The quantitative estimate of drug-likeness (QED) is 0.692. The zero-order valence-electron chi connectivity index (χ0n) is 12.9. The molecule has 2 aromatic carbocycles. The molecule has 1 aromatic heterocycles. The molecule has 0 saturated carbocycles. The van der Waals surface area contributed by atoms with Crippen molar-refractivity contribution in [3.8, 4) is 0 Å². The molecule has 1 heterocycles. The second kappa shape index (κ2) is 6.37. The Bertz CT molecular complexity index is 975. The fourth-order valence-corrected chi connectivity index (χ4v) is 2.37. The Labute approximate surface area is 137 Å². The van der Waals surface area contributed by atoms with Crippen LogP contribution >= 0.6 is 0 Å². The molecule has 0 bridgehead atoms. The zero-order chi connectivity index (χ0) is 17.1. The van der Waals surface area contributed by atoms with Crippen LogP contribution in [0, 0.1) is 0 Å². The highest BCUT2D eigenvalue weighted by atomic mass is 16.2. The van der Waals surface area contributed by atoms with Gasteiger partial charge in [-0.25, -0.2) is 0 Å². The molecule has 0 fully saturated rings. The number of hydrogen-bond donors (Lipinski definition) is 3. The van der Waals surface area contributed by atoms with E-state index in [1.54, 1.807) is 48.5 Å². The Morgan fingerprint density at radius 1 is 0.917 bits per heavy atom. The number of carbonyl (C=O) groups is 2. The van der Waals surface area contributed by atoms with Crippen LogP contribution in [0.25, 0.3) is 10.8 Å². The zero-order valence-corrected chi connectivity index (χ0v) is 12.9. The molecular formula is C18H15N3O3. The summed E-state index contributed by atoms with van der Waals surface area (Å²) in [5.41, 5.74) is 1.08. The number of hydrogen-bond acceptors (Lipinski definition) is 3. The fourth-order valence-electron chi connectivity index (χ4n) is 2.37. The largest absolute Gasteiger partial charge is 0.326 e. The van der Waals surface area contributed by atoms with Crippen LogP contribution in [0.5, 0.6) is 0 Å². The molecule has 6 nitrogen and oxygen atoms in total. The third kappa shape index (κ3) is 3.33. The first-order chi connectivity index (χ1) is 11.5. The van der Waals surface area contributed by atoms with Gasteiger partial charge in [-0.05, 0) is 41.8 Å². The number of amides is 2. The van der Waals surface area contributed by atoms with Crippen molar-refractivity contribution in [1.29, 1.82) is 0 Å². The molecule has 0 radical (unpaired) electrons. The first kappa shape index (κ1) is 15.5. The van der Waals surface area contributed by atoms with Crippen molar-refractivity contribution in [2.24, 2.45) is 0 Å². The SMILES string of the molecule is CC(=O)Nc1ccc(NC(=O)c2cc3ccccc3c(=O)[nH]2)cc1. The van der Waals surface area contributed by atoms with Gasteiger partial charge in [0.05, 0.1) is 0 Å². The van der Waals surface area contributed by atoms with Crippen molar-refractivity contribution in [1.82, 2.24) is 4.98 Å². The minimum atomic E-state index is -0.412. The lowest BCUT2D eigenvalue weighted by molar-refractivity contribution is -0.114. The standard InChI is InChI=1S/C18H15N3O3/c1-11(22)19-13-6-8-14(9-7-13)20-18(24)16-10-12-4-2-3-5-15(12)17(23)21-16/h2-10H,1H3,(H,19,22)(H,20,24)(H,21,23). The van der Waals surface area contributed by atoms with E-state index in [2.05, 4.69) is 15.6 Å². The molecule has 0 aliphatic rings. The number of aromatic nitrogens is 1. The van der Waals surface area contributed by atoms with Gasteiger partial charge in [0, 0.05) is 23.7 Å². The van der Waals surface area contributed by atoms with Crippen LogP contribution < -0.4 is 16.2 Å².